The van der Waals surface area contributed by atoms with Crippen molar-refractivity contribution in [3.8, 4) is 5.88 Å². The van der Waals surface area contributed by atoms with E-state index in [1.54, 1.807) is 24.8 Å². The monoisotopic (exact) mass is 306 g/mol. The van der Waals surface area contributed by atoms with Gasteiger partial charge in [0.05, 0.1) is 6.54 Å². The van der Waals surface area contributed by atoms with Crippen molar-refractivity contribution in [2.45, 2.75) is 45.8 Å². The fourth-order valence-corrected chi connectivity index (χ4v) is 2.55. The first-order valence-corrected chi connectivity index (χ1v) is 7.37. The summed E-state index contributed by atoms with van der Waals surface area (Å²) in [4.78, 5) is 29.5. The summed E-state index contributed by atoms with van der Waals surface area (Å²) in [6.45, 7) is 7.46. The van der Waals surface area contributed by atoms with Crippen LogP contribution in [0.25, 0.3) is 0 Å². The minimum atomic E-state index is -1.15. The molecule has 2 heterocycles. The summed E-state index contributed by atoms with van der Waals surface area (Å²) < 4.78 is 10.9. The topological polar surface area (TPSA) is 68.7 Å². The molecule has 1 saturated heterocycles. The van der Waals surface area contributed by atoms with E-state index in [1.807, 2.05) is 19.1 Å². The van der Waals surface area contributed by atoms with Crippen LogP contribution in [-0.2, 0) is 14.3 Å². The van der Waals surface area contributed by atoms with Gasteiger partial charge in [-0.05, 0) is 26.8 Å². The molecule has 1 aliphatic rings. The second kappa shape index (κ2) is 6.34. The van der Waals surface area contributed by atoms with Crippen molar-refractivity contribution < 1.29 is 19.1 Å². The number of amides is 1. The zero-order valence-corrected chi connectivity index (χ0v) is 13.5. The summed E-state index contributed by atoms with van der Waals surface area (Å²) in [6, 6.07) is 5.60. The average Bonchev–Trinajstić information content (AvgIpc) is 2.84. The Morgan fingerprint density at radius 3 is 2.73 bits per heavy atom. The predicted molar refractivity (Wildman–Crippen MR) is 80.4 cm³/mol. The number of hydrogen-bond acceptors (Lipinski definition) is 5. The summed E-state index contributed by atoms with van der Waals surface area (Å²) >= 11 is 0. The van der Waals surface area contributed by atoms with Gasteiger partial charge in [0, 0.05) is 31.6 Å². The quantitative estimate of drug-likeness (QED) is 0.792. The second-order valence-electron chi connectivity index (χ2n) is 6.00. The van der Waals surface area contributed by atoms with E-state index in [2.05, 4.69) is 4.98 Å². The molecule has 1 aromatic rings. The summed E-state index contributed by atoms with van der Waals surface area (Å²) in [6.07, 6.45) is 0.642. The highest BCUT2D eigenvalue weighted by molar-refractivity contribution is 5.87. The fraction of sp³-hybridized carbons (Fsp3) is 0.562. The molecule has 6 heteroatoms. The van der Waals surface area contributed by atoms with E-state index in [9.17, 15) is 9.59 Å². The number of esters is 1. The Balaban J connectivity index is 1.95. The predicted octanol–water partition coefficient (Wildman–Crippen LogP) is 1.71. The highest BCUT2D eigenvalue weighted by Gasteiger charge is 2.38. The Labute approximate surface area is 130 Å². The zero-order chi connectivity index (χ0) is 16.3. The van der Waals surface area contributed by atoms with E-state index in [-0.39, 0.29) is 12.0 Å². The molecule has 0 N–H and O–H groups in total. The SMILES string of the molecule is CC(=O)OC(C)(C)C(=O)N1CCC(Oc2cccc(C)n2)C1. The Bertz CT molecular complexity index is 571. The minimum absolute atomic E-state index is 0.0913. The van der Waals surface area contributed by atoms with Crippen molar-refractivity contribution in [3.05, 3.63) is 23.9 Å². The molecule has 1 unspecified atom stereocenters. The zero-order valence-electron chi connectivity index (χ0n) is 13.5. The first-order chi connectivity index (χ1) is 10.3. The van der Waals surface area contributed by atoms with Crippen LogP contribution in [0.4, 0.5) is 0 Å². The lowest BCUT2D eigenvalue weighted by atomic mass is 10.1. The first-order valence-electron chi connectivity index (χ1n) is 7.37. The van der Waals surface area contributed by atoms with Gasteiger partial charge in [0.2, 0.25) is 5.88 Å². The van der Waals surface area contributed by atoms with Crippen molar-refractivity contribution in [2.24, 2.45) is 0 Å². The van der Waals surface area contributed by atoms with Crippen LogP contribution in [0.15, 0.2) is 18.2 Å². The minimum Gasteiger partial charge on any atom is -0.472 e. The molecule has 1 aliphatic heterocycles. The van der Waals surface area contributed by atoms with Crippen LogP contribution in [0.1, 0.15) is 32.9 Å². The Morgan fingerprint density at radius 1 is 1.36 bits per heavy atom. The largest absolute Gasteiger partial charge is 0.472 e. The summed E-state index contributed by atoms with van der Waals surface area (Å²) in [5.74, 6) is -0.0983. The highest BCUT2D eigenvalue weighted by Crippen LogP contribution is 2.21. The molecule has 22 heavy (non-hydrogen) atoms. The fourth-order valence-electron chi connectivity index (χ4n) is 2.55. The van der Waals surface area contributed by atoms with Crippen LogP contribution < -0.4 is 4.74 Å². The van der Waals surface area contributed by atoms with Crippen molar-refractivity contribution >= 4 is 11.9 Å². The normalized spacial score (nSPS) is 18.2. The standard InChI is InChI=1S/C16H22N2O4/c1-11-6-5-7-14(17-11)21-13-8-9-18(10-13)15(20)16(3,4)22-12(2)19/h5-7,13H,8-10H2,1-4H3. The second-order valence-corrected chi connectivity index (χ2v) is 6.00. The third-order valence-corrected chi connectivity index (χ3v) is 3.50. The van der Waals surface area contributed by atoms with Crippen LogP contribution in [0.2, 0.25) is 0 Å². The molecule has 0 bridgehead atoms. The maximum atomic E-state index is 12.4. The lowest BCUT2D eigenvalue weighted by molar-refractivity contribution is -0.168. The number of carbonyl (C=O) groups is 2. The summed E-state index contributed by atoms with van der Waals surface area (Å²) in [5.41, 5.74) is -0.262. The van der Waals surface area contributed by atoms with E-state index in [0.29, 0.717) is 19.0 Å². The van der Waals surface area contributed by atoms with Crippen molar-refractivity contribution in [3.63, 3.8) is 0 Å². The number of aromatic nitrogens is 1. The molecule has 1 aromatic heterocycles. The third-order valence-electron chi connectivity index (χ3n) is 3.50. The lowest BCUT2D eigenvalue weighted by Crippen LogP contribution is -2.47. The van der Waals surface area contributed by atoms with E-state index >= 15 is 0 Å². The van der Waals surface area contributed by atoms with E-state index < -0.39 is 11.6 Å². The van der Waals surface area contributed by atoms with Crippen molar-refractivity contribution in [2.75, 3.05) is 13.1 Å². The number of rotatable bonds is 4. The Hall–Kier alpha value is -2.11. The van der Waals surface area contributed by atoms with Gasteiger partial charge in [-0.15, -0.1) is 0 Å². The number of hydrogen-bond donors (Lipinski definition) is 0. The molecule has 1 atom stereocenters. The van der Waals surface area contributed by atoms with Crippen LogP contribution in [-0.4, -0.2) is 46.6 Å². The molecule has 0 aliphatic carbocycles. The van der Waals surface area contributed by atoms with Crippen molar-refractivity contribution in [1.82, 2.24) is 9.88 Å². The maximum Gasteiger partial charge on any atom is 0.303 e. The van der Waals surface area contributed by atoms with E-state index in [4.69, 9.17) is 9.47 Å². The van der Waals surface area contributed by atoms with Gasteiger partial charge in [-0.1, -0.05) is 6.07 Å². The van der Waals surface area contributed by atoms with Gasteiger partial charge in [0.15, 0.2) is 5.60 Å². The summed E-state index contributed by atoms with van der Waals surface area (Å²) in [5, 5.41) is 0. The average molecular weight is 306 g/mol. The number of ether oxygens (including phenoxy) is 2. The molecule has 0 aromatic carbocycles. The number of pyridine rings is 1. The van der Waals surface area contributed by atoms with Crippen LogP contribution >= 0.6 is 0 Å². The maximum absolute atomic E-state index is 12.4. The molecule has 0 saturated carbocycles. The van der Waals surface area contributed by atoms with Crippen LogP contribution in [0, 0.1) is 6.92 Å². The van der Waals surface area contributed by atoms with Gasteiger partial charge in [-0.2, -0.15) is 0 Å². The molecule has 120 valence electrons. The van der Waals surface area contributed by atoms with Gasteiger partial charge in [-0.3, -0.25) is 9.59 Å². The van der Waals surface area contributed by atoms with Gasteiger partial charge in [0.1, 0.15) is 6.10 Å². The summed E-state index contributed by atoms with van der Waals surface area (Å²) in [7, 11) is 0. The number of carbonyl (C=O) groups excluding carboxylic acids is 2. The molecule has 1 fully saturated rings. The molecule has 2 rings (SSSR count). The van der Waals surface area contributed by atoms with Gasteiger partial charge in [-0.25, -0.2) is 4.98 Å². The van der Waals surface area contributed by atoms with E-state index in [0.717, 1.165) is 12.1 Å². The van der Waals surface area contributed by atoms with Gasteiger partial charge >= 0.3 is 5.97 Å². The number of aryl methyl sites for hydroxylation is 1. The molecule has 0 radical (unpaired) electrons. The molecule has 6 nitrogen and oxygen atoms in total. The molecule has 0 spiro atoms. The Morgan fingerprint density at radius 2 is 2.09 bits per heavy atom. The molecular formula is C16H22N2O4. The highest BCUT2D eigenvalue weighted by atomic mass is 16.6. The third kappa shape index (κ3) is 3.96. The van der Waals surface area contributed by atoms with Gasteiger partial charge in [0.25, 0.3) is 5.91 Å². The molecule has 1 amide bonds. The number of likely N-dealkylation sites (tertiary alicyclic amines) is 1. The first kappa shape index (κ1) is 16.3. The molecular weight excluding hydrogens is 284 g/mol. The smallest absolute Gasteiger partial charge is 0.303 e. The lowest BCUT2D eigenvalue weighted by Gasteiger charge is -2.28. The van der Waals surface area contributed by atoms with Crippen LogP contribution in [0.3, 0.4) is 0 Å². The Kier molecular flexibility index (Phi) is 4.68. The van der Waals surface area contributed by atoms with Gasteiger partial charge < -0.3 is 14.4 Å². The van der Waals surface area contributed by atoms with Crippen LogP contribution in [0.5, 0.6) is 5.88 Å². The van der Waals surface area contributed by atoms with E-state index in [1.165, 1.54) is 6.92 Å². The van der Waals surface area contributed by atoms with Crippen molar-refractivity contribution in [1.29, 1.82) is 0 Å². The number of nitrogens with zero attached hydrogens (tertiary/aromatic N) is 2.